The summed E-state index contributed by atoms with van der Waals surface area (Å²) in [6, 6.07) is 4.65. The van der Waals surface area contributed by atoms with E-state index in [-0.39, 0.29) is 0 Å². The maximum atomic E-state index is 6.20. The molecule has 5 aliphatic rings. The van der Waals surface area contributed by atoms with Crippen LogP contribution in [0.1, 0.15) is 37.7 Å². The zero-order chi connectivity index (χ0) is 14.1. The van der Waals surface area contributed by atoms with E-state index in [1.807, 2.05) is 12.1 Å². The number of hydrogen-bond donors (Lipinski definition) is 0. The quantitative estimate of drug-likeness (QED) is 0.653. The molecule has 2 aliphatic carbocycles. The van der Waals surface area contributed by atoms with Crippen molar-refractivity contribution in [2.75, 3.05) is 0 Å². The van der Waals surface area contributed by atoms with E-state index in [2.05, 4.69) is 4.90 Å². The minimum Gasteiger partial charge on any atom is -0.352 e. The first kappa shape index (κ1) is 12.8. The number of amidine groups is 1. The highest BCUT2D eigenvalue weighted by Gasteiger charge is 2.46. The van der Waals surface area contributed by atoms with Crippen molar-refractivity contribution in [2.24, 2.45) is 22.7 Å². The van der Waals surface area contributed by atoms with E-state index in [1.165, 1.54) is 43.5 Å². The Morgan fingerprint density at radius 3 is 2.43 bits per heavy atom. The molecule has 3 aliphatic heterocycles. The normalized spacial score (nSPS) is 36.1. The molecule has 4 heteroatoms. The summed E-state index contributed by atoms with van der Waals surface area (Å²) in [7, 11) is 0. The fraction of sp³-hybridized carbons (Fsp3) is 0.588. The maximum absolute atomic E-state index is 6.20. The highest BCUT2D eigenvalue weighted by atomic mass is 35.5. The first-order valence-electron chi connectivity index (χ1n) is 8.00. The molecule has 0 spiro atoms. The Morgan fingerprint density at radius 1 is 0.952 bits per heavy atom. The van der Waals surface area contributed by atoms with Crippen molar-refractivity contribution in [3.8, 4) is 0 Å². The Hall–Kier alpha value is -0.730. The minimum absolute atomic E-state index is 0.618. The van der Waals surface area contributed by atoms with Crippen molar-refractivity contribution in [1.29, 1.82) is 0 Å². The number of aliphatic imine (C=N–C) groups is 1. The number of hydrogen-bond acceptors (Lipinski definition) is 2. The summed E-state index contributed by atoms with van der Waals surface area (Å²) >= 11 is 12.4. The van der Waals surface area contributed by atoms with Gasteiger partial charge in [0.15, 0.2) is 0 Å². The summed E-state index contributed by atoms with van der Waals surface area (Å²) < 4.78 is 0. The lowest BCUT2D eigenvalue weighted by molar-refractivity contribution is 0.128. The van der Waals surface area contributed by atoms with E-state index in [9.17, 15) is 0 Å². The molecule has 2 saturated carbocycles. The molecule has 1 aromatic carbocycles. The largest absolute Gasteiger partial charge is 0.352 e. The van der Waals surface area contributed by atoms with Crippen LogP contribution in [0.3, 0.4) is 0 Å². The van der Waals surface area contributed by atoms with E-state index in [0.29, 0.717) is 22.0 Å². The van der Waals surface area contributed by atoms with Gasteiger partial charge in [0.05, 0.1) is 15.7 Å². The summed E-state index contributed by atoms with van der Waals surface area (Å²) in [5.41, 5.74) is 2.27. The predicted molar refractivity (Wildman–Crippen MR) is 86.4 cm³/mol. The van der Waals surface area contributed by atoms with Gasteiger partial charge in [0.25, 0.3) is 0 Å². The van der Waals surface area contributed by atoms with Crippen LogP contribution in [-0.4, -0.2) is 16.8 Å². The van der Waals surface area contributed by atoms with Crippen molar-refractivity contribution in [3.63, 3.8) is 0 Å². The number of fused-ring (bicyclic) bond motifs is 1. The first-order chi connectivity index (χ1) is 10.2. The van der Waals surface area contributed by atoms with E-state index >= 15 is 0 Å². The molecule has 110 valence electrons. The summed E-state index contributed by atoms with van der Waals surface area (Å²) in [6.45, 7) is 0.964. The molecule has 2 saturated heterocycles. The zero-order valence-corrected chi connectivity index (χ0v) is 13.4. The van der Waals surface area contributed by atoms with E-state index < -0.39 is 0 Å². The van der Waals surface area contributed by atoms with E-state index in [1.54, 1.807) is 0 Å². The van der Waals surface area contributed by atoms with Gasteiger partial charge in [-0.15, -0.1) is 0 Å². The number of halogens is 2. The van der Waals surface area contributed by atoms with Crippen molar-refractivity contribution >= 4 is 34.7 Å². The van der Waals surface area contributed by atoms with Gasteiger partial charge in [0.2, 0.25) is 0 Å². The van der Waals surface area contributed by atoms with Gasteiger partial charge in [-0.25, -0.2) is 4.99 Å². The third kappa shape index (κ3) is 1.88. The van der Waals surface area contributed by atoms with Crippen molar-refractivity contribution in [3.05, 3.63) is 27.7 Å². The van der Waals surface area contributed by atoms with Crippen LogP contribution in [0.25, 0.3) is 0 Å². The average Bonchev–Trinajstić information content (AvgIpc) is 2.61. The highest BCUT2D eigenvalue weighted by molar-refractivity contribution is 6.42. The fourth-order valence-electron chi connectivity index (χ4n) is 5.18. The molecule has 21 heavy (non-hydrogen) atoms. The van der Waals surface area contributed by atoms with Crippen LogP contribution in [0.4, 0.5) is 5.69 Å². The Labute approximate surface area is 135 Å². The minimum atomic E-state index is 0.618. The average molecular weight is 321 g/mol. The second kappa shape index (κ2) is 4.39. The smallest absolute Gasteiger partial charge is 0.108 e. The van der Waals surface area contributed by atoms with Gasteiger partial charge in [0, 0.05) is 18.5 Å². The van der Waals surface area contributed by atoms with Crippen LogP contribution < -0.4 is 0 Å². The molecule has 4 fully saturated rings. The molecule has 2 unspecified atom stereocenters. The first-order valence-corrected chi connectivity index (χ1v) is 8.76. The monoisotopic (exact) mass is 320 g/mol. The third-order valence-corrected chi connectivity index (χ3v) is 6.63. The Morgan fingerprint density at radius 2 is 1.67 bits per heavy atom. The molecule has 0 aromatic heterocycles. The van der Waals surface area contributed by atoms with Crippen LogP contribution in [0.15, 0.2) is 17.1 Å². The van der Waals surface area contributed by atoms with Crippen LogP contribution in [0, 0.1) is 17.8 Å². The molecule has 4 bridgehead atoms. The summed E-state index contributed by atoms with van der Waals surface area (Å²) in [5, 5.41) is 1.27. The van der Waals surface area contributed by atoms with Crippen molar-refractivity contribution < 1.29 is 0 Å². The zero-order valence-electron chi connectivity index (χ0n) is 11.9. The van der Waals surface area contributed by atoms with Crippen LogP contribution in [0.2, 0.25) is 10.0 Å². The predicted octanol–water partition coefficient (Wildman–Crippen LogP) is 5.05. The van der Waals surface area contributed by atoms with E-state index in [0.717, 1.165) is 24.1 Å². The lowest BCUT2D eigenvalue weighted by Crippen LogP contribution is -2.41. The van der Waals surface area contributed by atoms with Crippen molar-refractivity contribution in [1.82, 2.24) is 4.90 Å². The van der Waals surface area contributed by atoms with Gasteiger partial charge < -0.3 is 4.90 Å². The number of rotatable bonds is 0. The second-order valence-electron chi connectivity index (χ2n) is 7.25. The fourth-order valence-corrected chi connectivity index (χ4v) is 5.53. The SMILES string of the molecule is Clc1cc2c(cc1Cl)N=C1C3CC4CC(C3)CC(C4)N1C2. The Balaban J connectivity index is 1.64. The van der Waals surface area contributed by atoms with Crippen LogP contribution in [0.5, 0.6) is 0 Å². The van der Waals surface area contributed by atoms with Crippen LogP contribution >= 0.6 is 23.2 Å². The standard InChI is InChI=1S/C17H18Cl2N2/c18-14-6-12-8-21-13-4-9-1-10(5-13)3-11(2-9)17(21)20-16(12)7-15(14)19/h6-7,9-11,13H,1-5,8H2. The Kier molecular flexibility index (Phi) is 2.67. The number of nitrogens with zero attached hydrogens (tertiary/aromatic N) is 2. The van der Waals surface area contributed by atoms with Gasteiger partial charge in [-0.3, -0.25) is 0 Å². The molecule has 0 radical (unpaired) electrons. The lowest BCUT2D eigenvalue weighted by Gasteiger charge is -2.39. The molecule has 2 atom stereocenters. The highest BCUT2D eigenvalue weighted by Crippen LogP contribution is 2.50. The van der Waals surface area contributed by atoms with Gasteiger partial charge in [-0.2, -0.15) is 0 Å². The molecule has 3 heterocycles. The molecule has 1 aromatic rings. The summed E-state index contributed by atoms with van der Waals surface area (Å²) in [6.07, 6.45) is 6.88. The molecule has 0 amide bonds. The third-order valence-electron chi connectivity index (χ3n) is 5.91. The molecular weight excluding hydrogens is 303 g/mol. The van der Waals surface area contributed by atoms with Gasteiger partial charge >= 0.3 is 0 Å². The van der Waals surface area contributed by atoms with Crippen molar-refractivity contribution in [2.45, 2.75) is 44.7 Å². The topological polar surface area (TPSA) is 15.6 Å². The molecule has 2 nitrogen and oxygen atoms in total. The van der Waals surface area contributed by atoms with Gasteiger partial charge in [0.1, 0.15) is 5.84 Å². The van der Waals surface area contributed by atoms with Crippen LogP contribution in [-0.2, 0) is 6.54 Å². The number of benzene rings is 1. The summed E-state index contributed by atoms with van der Waals surface area (Å²) in [5.74, 6) is 3.87. The lowest BCUT2D eigenvalue weighted by atomic mass is 9.68. The Bertz CT molecular complexity index is 640. The van der Waals surface area contributed by atoms with E-state index in [4.69, 9.17) is 28.2 Å². The summed E-state index contributed by atoms with van der Waals surface area (Å²) in [4.78, 5) is 7.62. The molecule has 0 N–H and O–H groups in total. The molecular formula is C17H18Cl2N2. The van der Waals surface area contributed by atoms with Gasteiger partial charge in [-0.05, 0) is 61.6 Å². The maximum Gasteiger partial charge on any atom is 0.108 e. The second-order valence-corrected chi connectivity index (χ2v) is 8.07. The molecule has 6 rings (SSSR count). The van der Waals surface area contributed by atoms with Gasteiger partial charge in [-0.1, -0.05) is 23.2 Å².